The molecule has 7 nitrogen and oxygen atoms in total. The Labute approximate surface area is 173 Å². The van der Waals surface area contributed by atoms with Crippen molar-refractivity contribution in [3.8, 4) is 17.2 Å². The molecule has 1 aliphatic heterocycles. The van der Waals surface area contributed by atoms with Crippen LogP contribution in [0, 0.1) is 0 Å². The molecule has 0 atom stereocenters. The molecule has 3 rings (SSSR count). The van der Waals surface area contributed by atoms with Crippen LogP contribution in [0.25, 0.3) is 0 Å². The Kier molecular flexibility index (Phi) is 7.63. The topological polar surface area (TPSA) is 83.1 Å². The van der Waals surface area contributed by atoms with Gasteiger partial charge in [0.1, 0.15) is 19.0 Å². The minimum absolute atomic E-state index is 0.110. The maximum absolute atomic E-state index is 11.9. The van der Waals surface area contributed by atoms with Crippen molar-refractivity contribution in [3.05, 3.63) is 48.0 Å². The van der Waals surface area contributed by atoms with Crippen molar-refractivity contribution in [2.45, 2.75) is 11.3 Å². The molecule has 1 amide bonds. The number of hydrogen-bond acceptors (Lipinski definition) is 7. The summed E-state index contributed by atoms with van der Waals surface area (Å²) in [6.07, 6.45) is 0.684. The number of hydrogen-bond donors (Lipinski definition) is 1. The fraction of sp³-hybridized carbons (Fsp3) is 0.333. The van der Waals surface area contributed by atoms with E-state index in [-0.39, 0.29) is 18.3 Å². The molecule has 0 radical (unpaired) electrons. The van der Waals surface area contributed by atoms with E-state index in [1.54, 1.807) is 7.11 Å². The standard InChI is InChI=1S/C21H23NO6S/c1-25-16-4-2-15(3-5-16)8-9-22-20(23)13-28-21(24)14-29-17-6-7-18-19(12-17)27-11-10-26-18/h2-7,12H,8-11,13-14H2,1H3,(H,22,23). The van der Waals surface area contributed by atoms with Gasteiger partial charge in [-0.3, -0.25) is 9.59 Å². The normalized spacial score (nSPS) is 12.2. The molecule has 2 aromatic carbocycles. The molecule has 0 saturated carbocycles. The Morgan fingerprint density at radius 1 is 1.07 bits per heavy atom. The van der Waals surface area contributed by atoms with Gasteiger partial charge in [0.25, 0.3) is 5.91 Å². The largest absolute Gasteiger partial charge is 0.497 e. The summed E-state index contributed by atoms with van der Waals surface area (Å²) in [5.41, 5.74) is 1.08. The lowest BCUT2D eigenvalue weighted by Crippen LogP contribution is -2.30. The van der Waals surface area contributed by atoms with E-state index in [1.165, 1.54) is 11.8 Å². The maximum Gasteiger partial charge on any atom is 0.316 e. The summed E-state index contributed by atoms with van der Waals surface area (Å²) in [5.74, 6) is 1.50. The van der Waals surface area contributed by atoms with Crippen LogP contribution in [0.15, 0.2) is 47.4 Å². The minimum Gasteiger partial charge on any atom is -0.497 e. The van der Waals surface area contributed by atoms with Crippen molar-refractivity contribution in [1.29, 1.82) is 0 Å². The smallest absolute Gasteiger partial charge is 0.316 e. The Morgan fingerprint density at radius 2 is 1.83 bits per heavy atom. The van der Waals surface area contributed by atoms with E-state index >= 15 is 0 Å². The average molecular weight is 417 g/mol. The van der Waals surface area contributed by atoms with E-state index in [2.05, 4.69) is 5.32 Å². The van der Waals surface area contributed by atoms with Gasteiger partial charge in [0.05, 0.1) is 12.9 Å². The third-order valence-electron chi connectivity index (χ3n) is 4.13. The molecular weight excluding hydrogens is 394 g/mol. The van der Waals surface area contributed by atoms with Crippen molar-refractivity contribution in [2.24, 2.45) is 0 Å². The first-order chi connectivity index (χ1) is 14.1. The summed E-state index contributed by atoms with van der Waals surface area (Å²) >= 11 is 1.32. The number of rotatable bonds is 9. The number of nitrogens with one attached hydrogen (secondary N) is 1. The van der Waals surface area contributed by atoms with E-state index in [9.17, 15) is 9.59 Å². The number of carbonyl (C=O) groups excluding carboxylic acids is 2. The highest BCUT2D eigenvalue weighted by molar-refractivity contribution is 8.00. The zero-order valence-corrected chi connectivity index (χ0v) is 17.0. The predicted octanol–water partition coefficient (Wildman–Crippen LogP) is 2.46. The number of fused-ring (bicyclic) bond motifs is 1. The number of ether oxygens (including phenoxy) is 4. The third kappa shape index (κ3) is 6.60. The van der Waals surface area contributed by atoms with Gasteiger partial charge in [0.15, 0.2) is 18.1 Å². The summed E-state index contributed by atoms with van der Waals surface area (Å²) in [7, 11) is 1.62. The molecule has 1 aliphatic rings. The quantitative estimate of drug-likeness (QED) is 0.496. The van der Waals surface area contributed by atoms with Crippen molar-refractivity contribution < 1.29 is 28.5 Å². The number of thioether (sulfide) groups is 1. The van der Waals surface area contributed by atoms with E-state index in [4.69, 9.17) is 18.9 Å². The number of methoxy groups -OCH3 is 1. The molecule has 1 heterocycles. The zero-order valence-electron chi connectivity index (χ0n) is 16.1. The molecule has 0 aromatic heterocycles. The first-order valence-electron chi connectivity index (χ1n) is 9.22. The molecule has 0 saturated heterocycles. The highest BCUT2D eigenvalue weighted by atomic mass is 32.2. The van der Waals surface area contributed by atoms with Crippen molar-refractivity contribution >= 4 is 23.6 Å². The summed E-state index contributed by atoms with van der Waals surface area (Å²) in [6.45, 7) is 1.22. The molecule has 8 heteroatoms. The second kappa shape index (κ2) is 10.6. The van der Waals surface area contributed by atoms with Crippen LogP contribution in [0.2, 0.25) is 0 Å². The molecule has 2 aromatic rings. The van der Waals surface area contributed by atoms with Gasteiger partial charge in [0, 0.05) is 11.4 Å². The van der Waals surface area contributed by atoms with Crippen molar-refractivity contribution in [1.82, 2.24) is 5.32 Å². The monoisotopic (exact) mass is 417 g/mol. The molecule has 0 unspecified atom stereocenters. The second-order valence-electron chi connectivity index (χ2n) is 6.20. The first-order valence-corrected chi connectivity index (χ1v) is 10.2. The third-order valence-corrected chi connectivity index (χ3v) is 5.10. The number of esters is 1. The van der Waals surface area contributed by atoms with Gasteiger partial charge in [-0.2, -0.15) is 0 Å². The highest BCUT2D eigenvalue weighted by Crippen LogP contribution is 2.34. The van der Waals surface area contributed by atoms with Crippen LogP contribution in [-0.2, 0) is 20.7 Å². The van der Waals surface area contributed by atoms with E-state index in [1.807, 2.05) is 42.5 Å². The van der Waals surface area contributed by atoms with Crippen LogP contribution in [0.5, 0.6) is 17.2 Å². The van der Waals surface area contributed by atoms with Gasteiger partial charge >= 0.3 is 5.97 Å². The van der Waals surface area contributed by atoms with E-state index in [0.29, 0.717) is 37.7 Å². The van der Waals surface area contributed by atoms with Crippen molar-refractivity contribution in [2.75, 3.05) is 39.2 Å². The number of benzene rings is 2. The van der Waals surface area contributed by atoms with Crippen molar-refractivity contribution in [3.63, 3.8) is 0 Å². The van der Waals surface area contributed by atoms with Crippen LogP contribution >= 0.6 is 11.8 Å². The van der Waals surface area contributed by atoms with E-state index in [0.717, 1.165) is 16.2 Å². The summed E-state index contributed by atoms with van der Waals surface area (Å²) in [5, 5.41) is 2.74. The Hall–Kier alpha value is -2.87. The van der Waals surface area contributed by atoms with Gasteiger partial charge in [-0.1, -0.05) is 12.1 Å². The lowest BCUT2D eigenvalue weighted by molar-refractivity contribution is -0.145. The van der Waals surface area contributed by atoms with Crippen LogP contribution in [0.4, 0.5) is 0 Å². The Balaban J connectivity index is 1.32. The van der Waals surface area contributed by atoms with Gasteiger partial charge < -0.3 is 24.3 Å². The van der Waals surface area contributed by atoms with Gasteiger partial charge in [-0.05, 0) is 42.3 Å². The predicted molar refractivity (Wildman–Crippen MR) is 109 cm³/mol. The average Bonchev–Trinajstić information content (AvgIpc) is 2.76. The highest BCUT2D eigenvalue weighted by Gasteiger charge is 2.13. The van der Waals surface area contributed by atoms with Crippen LogP contribution in [-0.4, -0.2) is 51.1 Å². The fourth-order valence-corrected chi connectivity index (χ4v) is 3.36. The van der Waals surface area contributed by atoms with Crippen LogP contribution < -0.4 is 19.5 Å². The second-order valence-corrected chi connectivity index (χ2v) is 7.25. The van der Waals surface area contributed by atoms with Gasteiger partial charge in [0.2, 0.25) is 0 Å². The Bertz CT molecular complexity index is 840. The van der Waals surface area contributed by atoms with Crippen LogP contribution in [0.1, 0.15) is 5.56 Å². The van der Waals surface area contributed by atoms with Gasteiger partial charge in [-0.25, -0.2) is 0 Å². The molecule has 0 fully saturated rings. The minimum atomic E-state index is -0.449. The molecule has 29 heavy (non-hydrogen) atoms. The maximum atomic E-state index is 11.9. The molecule has 0 aliphatic carbocycles. The molecule has 0 bridgehead atoms. The van der Waals surface area contributed by atoms with Gasteiger partial charge in [-0.15, -0.1) is 11.8 Å². The molecular formula is C21H23NO6S. The molecule has 154 valence electrons. The number of carbonyl (C=O) groups is 2. The lowest BCUT2D eigenvalue weighted by Gasteiger charge is -2.18. The lowest BCUT2D eigenvalue weighted by atomic mass is 10.1. The van der Waals surface area contributed by atoms with Crippen LogP contribution in [0.3, 0.4) is 0 Å². The molecule has 0 spiro atoms. The summed E-state index contributed by atoms with van der Waals surface area (Å²) in [4.78, 5) is 24.6. The van der Waals surface area contributed by atoms with E-state index < -0.39 is 5.97 Å². The number of amides is 1. The fourth-order valence-electron chi connectivity index (χ4n) is 2.63. The summed E-state index contributed by atoms with van der Waals surface area (Å²) in [6, 6.07) is 13.1. The summed E-state index contributed by atoms with van der Waals surface area (Å²) < 4.78 is 21.1. The Morgan fingerprint density at radius 3 is 2.59 bits per heavy atom. The molecule has 1 N–H and O–H groups in total. The first kappa shape index (κ1) is 20.9. The zero-order chi connectivity index (χ0) is 20.5. The SMILES string of the molecule is COc1ccc(CCNC(=O)COC(=O)CSc2ccc3c(c2)OCCO3)cc1.